The zero-order valence-electron chi connectivity index (χ0n) is 11.9. The fraction of sp³-hybridized carbons (Fsp3) is 0.800. The van der Waals surface area contributed by atoms with Crippen LogP contribution in [0, 0.1) is 5.92 Å². The summed E-state index contributed by atoms with van der Waals surface area (Å²) in [5.74, 6) is 2.41. The Kier molecular flexibility index (Phi) is 3.40. The lowest BCUT2D eigenvalue weighted by Gasteiger charge is -2.29. The molecule has 0 spiro atoms. The van der Waals surface area contributed by atoms with E-state index in [1.807, 2.05) is 0 Å². The molecule has 2 unspecified atom stereocenters. The van der Waals surface area contributed by atoms with Crippen LogP contribution in [0.25, 0.3) is 0 Å². The van der Waals surface area contributed by atoms with Crippen LogP contribution in [0.15, 0.2) is 6.07 Å². The summed E-state index contributed by atoms with van der Waals surface area (Å²) in [4.78, 5) is 0. The Morgan fingerprint density at radius 1 is 1.10 bits per heavy atom. The van der Waals surface area contributed by atoms with Gasteiger partial charge in [0.05, 0.1) is 18.3 Å². The molecule has 2 saturated heterocycles. The molecule has 5 nitrogen and oxygen atoms in total. The van der Waals surface area contributed by atoms with Gasteiger partial charge in [0.25, 0.3) is 0 Å². The molecule has 1 aromatic rings. The number of rotatable bonds is 2. The van der Waals surface area contributed by atoms with Gasteiger partial charge in [-0.2, -0.15) is 5.10 Å². The highest BCUT2D eigenvalue weighted by atomic mass is 16.5. The van der Waals surface area contributed by atoms with Crippen LogP contribution in [-0.4, -0.2) is 42.8 Å². The number of hydrogen-bond donors (Lipinski definition) is 1. The number of fused-ring (bicyclic) bond motifs is 1. The third kappa shape index (κ3) is 2.23. The second-order valence-electron chi connectivity index (χ2n) is 6.19. The molecule has 0 radical (unpaired) electrons. The molecule has 4 heterocycles. The van der Waals surface area contributed by atoms with Crippen molar-refractivity contribution < 1.29 is 9.47 Å². The number of ether oxygens (including phenoxy) is 2. The fourth-order valence-electron chi connectivity index (χ4n) is 3.75. The maximum absolute atomic E-state index is 5.57. The molecule has 0 bridgehead atoms. The smallest absolute Gasteiger partial charge is 0.124 e. The largest absolute Gasteiger partial charge is 0.381 e. The first kappa shape index (κ1) is 12.7. The fourth-order valence-corrected chi connectivity index (χ4v) is 3.75. The van der Waals surface area contributed by atoms with E-state index in [4.69, 9.17) is 14.6 Å². The minimum absolute atomic E-state index is 0.516. The van der Waals surface area contributed by atoms with Crippen molar-refractivity contribution in [2.45, 2.75) is 37.6 Å². The van der Waals surface area contributed by atoms with E-state index >= 15 is 0 Å². The average Bonchev–Trinajstić information content (AvgIpc) is 3.17. The number of nitrogens with zero attached hydrogens (tertiary/aromatic N) is 2. The Morgan fingerprint density at radius 3 is 2.75 bits per heavy atom. The Balaban J connectivity index is 1.59. The van der Waals surface area contributed by atoms with Crippen LogP contribution in [0.2, 0.25) is 0 Å². The quantitative estimate of drug-likeness (QED) is 0.900. The van der Waals surface area contributed by atoms with E-state index < -0.39 is 0 Å². The Bertz CT molecular complexity index is 462. The highest BCUT2D eigenvalue weighted by molar-refractivity contribution is 5.40. The van der Waals surface area contributed by atoms with E-state index in [0.717, 1.165) is 52.2 Å². The lowest BCUT2D eigenvalue weighted by molar-refractivity contribution is 0.0842. The van der Waals surface area contributed by atoms with Gasteiger partial charge in [-0.15, -0.1) is 0 Å². The van der Waals surface area contributed by atoms with Crippen LogP contribution in [0.1, 0.15) is 43.3 Å². The number of hydrogen-bond acceptors (Lipinski definition) is 4. The first-order valence-corrected chi connectivity index (χ1v) is 7.90. The third-order valence-electron chi connectivity index (χ3n) is 4.96. The Hall–Kier alpha value is -1.07. The summed E-state index contributed by atoms with van der Waals surface area (Å²) < 4.78 is 13.3. The summed E-state index contributed by atoms with van der Waals surface area (Å²) in [6.45, 7) is 4.62. The molecule has 2 fully saturated rings. The molecule has 0 aromatic carbocycles. The number of anilines is 1. The van der Waals surface area contributed by atoms with E-state index in [0.29, 0.717) is 17.9 Å². The molecule has 1 N–H and O–H groups in total. The monoisotopic (exact) mass is 277 g/mol. The Labute approximate surface area is 119 Å². The molecular weight excluding hydrogens is 254 g/mol. The predicted molar refractivity (Wildman–Crippen MR) is 76.1 cm³/mol. The van der Waals surface area contributed by atoms with Gasteiger partial charge >= 0.3 is 0 Å². The molecular formula is C15H23N3O2. The van der Waals surface area contributed by atoms with E-state index in [2.05, 4.69) is 16.1 Å². The van der Waals surface area contributed by atoms with Crippen molar-refractivity contribution in [1.82, 2.24) is 9.78 Å². The molecule has 20 heavy (non-hydrogen) atoms. The molecule has 2 atom stereocenters. The molecule has 3 aliphatic heterocycles. The lowest BCUT2D eigenvalue weighted by Crippen LogP contribution is -2.29. The van der Waals surface area contributed by atoms with Gasteiger partial charge in [0, 0.05) is 44.3 Å². The second kappa shape index (κ2) is 5.37. The standard InChI is InChI=1S/C15H23N3O2/c1-5-16-15-9-13(11-2-6-19-7-3-11)17-18(15)14(1)12-4-8-20-10-12/h9,11-12,14,16H,1-8,10H2. The molecule has 3 aliphatic rings. The van der Waals surface area contributed by atoms with Gasteiger partial charge in [-0.25, -0.2) is 4.68 Å². The van der Waals surface area contributed by atoms with Crippen molar-refractivity contribution in [1.29, 1.82) is 0 Å². The molecule has 1 aromatic heterocycles. The highest BCUT2D eigenvalue weighted by Crippen LogP contribution is 2.36. The minimum Gasteiger partial charge on any atom is -0.381 e. The van der Waals surface area contributed by atoms with Gasteiger partial charge in [0.1, 0.15) is 5.82 Å². The van der Waals surface area contributed by atoms with Gasteiger partial charge in [-0.3, -0.25) is 0 Å². The van der Waals surface area contributed by atoms with Gasteiger partial charge in [-0.1, -0.05) is 0 Å². The van der Waals surface area contributed by atoms with Gasteiger partial charge in [0.15, 0.2) is 0 Å². The zero-order chi connectivity index (χ0) is 13.4. The van der Waals surface area contributed by atoms with Crippen LogP contribution < -0.4 is 5.32 Å². The van der Waals surface area contributed by atoms with Crippen molar-refractivity contribution in [3.05, 3.63) is 11.8 Å². The van der Waals surface area contributed by atoms with Crippen LogP contribution in [0.3, 0.4) is 0 Å². The topological polar surface area (TPSA) is 48.3 Å². The van der Waals surface area contributed by atoms with Gasteiger partial charge < -0.3 is 14.8 Å². The Morgan fingerprint density at radius 2 is 1.95 bits per heavy atom. The SMILES string of the molecule is c1c(C2CCOCC2)nn2c1NCCC2C1CCOC1. The van der Waals surface area contributed by atoms with Crippen LogP contribution in [0.5, 0.6) is 0 Å². The van der Waals surface area contributed by atoms with Crippen LogP contribution in [0.4, 0.5) is 5.82 Å². The second-order valence-corrected chi connectivity index (χ2v) is 6.19. The summed E-state index contributed by atoms with van der Waals surface area (Å²) in [6.07, 6.45) is 4.55. The predicted octanol–water partition coefficient (Wildman–Crippen LogP) is 2.17. The van der Waals surface area contributed by atoms with Crippen molar-refractivity contribution in [3.8, 4) is 0 Å². The maximum atomic E-state index is 5.57. The first-order chi connectivity index (χ1) is 9.92. The van der Waals surface area contributed by atoms with E-state index in [1.54, 1.807) is 0 Å². The van der Waals surface area contributed by atoms with Crippen molar-refractivity contribution in [2.75, 3.05) is 38.3 Å². The molecule has 4 rings (SSSR count). The lowest BCUT2D eigenvalue weighted by atomic mass is 9.95. The van der Waals surface area contributed by atoms with E-state index in [1.165, 1.54) is 17.9 Å². The van der Waals surface area contributed by atoms with Crippen LogP contribution >= 0.6 is 0 Å². The molecule has 0 saturated carbocycles. The van der Waals surface area contributed by atoms with Crippen LogP contribution in [-0.2, 0) is 9.47 Å². The molecule has 0 amide bonds. The van der Waals surface area contributed by atoms with Crippen molar-refractivity contribution >= 4 is 5.82 Å². The first-order valence-electron chi connectivity index (χ1n) is 7.90. The number of aromatic nitrogens is 2. The van der Waals surface area contributed by atoms with Gasteiger partial charge in [-0.05, 0) is 25.7 Å². The molecule has 5 heteroatoms. The summed E-state index contributed by atoms with van der Waals surface area (Å²) in [5, 5.41) is 8.45. The van der Waals surface area contributed by atoms with Gasteiger partial charge in [0.2, 0.25) is 0 Å². The highest BCUT2D eigenvalue weighted by Gasteiger charge is 2.32. The van der Waals surface area contributed by atoms with Crippen molar-refractivity contribution in [2.24, 2.45) is 5.92 Å². The molecule has 110 valence electrons. The average molecular weight is 277 g/mol. The third-order valence-corrected chi connectivity index (χ3v) is 4.96. The van der Waals surface area contributed by atoms with E-state index in [9.17, 15) is 0 Å². The summed E-state index contributed by atoms with van der Waals surface area (Å²) in [6, 6.07) is 2.78. The van der Waals surface area contributed by atoms with Crippen molar-refractivity contribution in [3.63, 3.8) is 0 Å². The summed E-state index contributed by atoms with van der Waals surface area (Å²) in [7, 11) is 0. The normalized spacial score (nSPS) is 31.0. The minimum atomic E-state index is 0.516. The zero-order valence-corrected chi connectivity index (χ0v) is 11.9. The number of nitrogens with one attached hydrogen (secondary N) is 1. The maximum Gasteiger partial charge on any atom is 0.124 e. The van der Waals surface area contributed by atoms with E-state index in [-0.39, 0.29) is 0 Å². The summed E-state index contributed by atoms with van der Waals surface area (Å²) >= 11 is 0. The summed E-state index contributed by atoms with van der Waals surface area (Å²) in [5.41, 5.74) is 1.25. The molecule has 0 aliphatic carbocycles.